The highest BCUT2D eigenvalue weighted by atomic mass is 16.5. The molecule has 28 heavy (non-hydrogen) atoms. The summed E-state index contributed by atoms with van der Waals surface area (Å²) in [5.74, 6) is 0.939. The molecular weight excluding hydrogens is 356 g/mol. The third-order valence-electron chi connectivity index (χ3n) is 4.45. The Morgan fingerprint density at radius 3 is 2.50 bits per heavy atom. The van der Waals surface area contributed by atoms with Gasteiger partial charge in [0.1, 0.15) is 11.6 Å². The van der Waals surface area contributed by atoms with Crippen molar-refractivity contribution in [3.05, 3.63) is 35.5 Å². The van der Waals surface area contributed by atoms with Gasteiger partial charge in [-0.3, -0.25) is 4.79 Å². The zero-order chi connectivity index (χ0) is 20.8. The summed E-state index contributed by atoms with van der Waals surface area (Å²) in [6.45, 7) is 8.47. The largest absolute Gasteiger partial charge is 0.493 e. The van der Waals surface area contributed by atoms with E-state index in [2.05, 4.69) is 29.4 Å². The molecule has 0 aliphatic rings. The van der Waals surface area contributed by atoms with Gasteiger partial charge in [-0.1, -0.05) is 19.9 Å². The highest BCUT2D eigenvalue weighted by Crippen LogP contribution is 2.27. The number of nitrogens with one attached hydrogen (secondary N) is 2. The van der Waals surface area contributed by atoms with Gasteiger partial charge in [-0.15, -0.1) is 0 Å². The molecule has 1 rings (SSSR count). The van der Waals surface area contributed by atoms with Gasteiger partial charge in [0.15, 0.2) is 11.5 Å². The molecule has 0 saturated carbocycles. The minimum Gasteiger partial charge on any atom is -0.493 e. The maximum atomic E-state index is 12.2. The standard InChI is InChI=1S/C21H32N4O3/c1-5-25(6-2)13-7-11-23-16-18(15-22)21(26)24-12-10-17-8-9-19(27-3)20(14-17)28-4/h8-9,14,16,23H,5-7,10-13H2,1-4H3,(H,24,26)/b18-16-. The summed E-state index contributed by atoms with van der Waals surface area (Å²) in [4.78, 5) is 14.5. The Morgan fingerprint density at radius 2 is 1.89 bits per heavy atom. The van der Waals surface area contributed by atoms with Gasteiger partial charge in [-0.25, -0.2) is 0 Å². The van der Waals surface area contributed by atoms with Crippen LogP contribution in [0, 0.1) is 11.3 Å². The van der Waals surface area contributed by atoms with E-state index >= 15 is 0 Å². The summed E-state index contributed by atoms with van der Waals surface area (Å²) in [6.07, 6.45) is 3.08. The number of hydrogen-bond donors (Lipinski definition) is 2. The summed E-state index contributed by atoms with van der Waals surface area (Å²) >= 11 is 0. The van der Waals surface area contributed by atoms with Gasteiger partial charge in [0, 0.05) is 19.3 Å². The minimum absolute atomic E-state index is 0.0788. The predicted molar refractivity (Wildman–Crippen MR) is 110 cm³/mol. The molecule has 0 spiro atoms. The van der Waals surface area contributed by atoms with Gasteiger partial charge in [-0.2, -0.15) is 5.26 Å². The molecule has 7 heteroatoms. The Kier molecular flexibility index (Phi) is 11.2. The lowest BCUT2D eigenvalue weighted by Crippen LogP contribution is -2.28. The molecule has 0 radical (unpaired) electrons. The number of methoxy groups -OCH3 is 2. The molecular formula is C21H32N4O3. The Bertz CT molecular complexity index is 679. The van der Waals surface area contributed by atoms with Crippen LogP contribution < -0.4 is 20.1 Å². The number of carbonyl (C=O) groups is 1. The molecule has 0 fully saturated rings. The van der Waals surface area contributed by atoms with Crippen molar-refractivity contribution in [2.75, 3.05) is 46.9 Å². The summed E-state index contributed by atoms with van der Waals surface area (Å²) in [5.41, 5.74) is 1.09. The SMILES string of the molecule is CCN(CC)CCCN/C=C(/C#N)C(=O)NCCc1ccc(OC)c(OC)c1. The maximum absolute atomic E-state index is 12.2. The summed E-state index contributed by atoms with van der Waals surface area (Å²) in [6, 6.07) is 7.58. The van der Waals surface area contributed by atoms with E-state index in [1.807, 2.05) is 24.3 Å². The van der Waals surface area contributed by atoms with E-state index in [0.717, 1.165) is 38.2 Å². The van der Waals surface area contributed by atoms with E-state index in [1.54, 1.807) is 14.2 Å². The van der Waals surface area contributed by atoms with Crippen molar-refractivity contribution in [1.29, 1.82) is 5.26 Å². The molecule has 0 saturated heterocycles. The van der Waals surface area contributed by atoms with E-state index in [4.69, 9.17) is 9.47 Å². The Morgan fingerprint density at radius 1 is 1.18 bits per heavy atom. The van der Waals surface area contributed by atoms with E-state index in [9.17, 15) is 10.1 Å². The average molecular weight is 389 g/mol. The van der Waals surface area contributed by atoms with Crippen LogP contribution in [0.2, 0.25) is 0 Å². The van der Waals surface area contributed by atoms with Gasteiger partial charge >= 0.3 is 0 Å². The molecule has 7 nitrogen and oxygen atoms in total. The van der Waals surface area contributed by atoms with Gasteiger partial charge in [0.05, 0.1) is 14.2 Å². The van der Waals surface area contributed by atoms with E-state index in [1.165, 1.54) is 6.20 Å². The van der Waals surface area contributed by atoms with Crippen LogP contribution >= 0.6 is 0 Å². The first kappa shape index (κ1) is 23.3. The highest BCUT2D eigenvalue weighted by molar-refractivity contribution is 5.97. The molecule has 0 aliphatic heterocycles. The quantitative estimate of drug-likeness (QED) is 0.306. The fourth-order valence-electron chi connectivity index (χ4n) is 2.72. The molecule has 154 valence electrons. The molecule has 2 N–H and O–H groups in total. The molecule has 0 heterocycles. The van der Waals surface area contributed by atoms with Crippen LogP contribution in [0.15, 0.2) is 30.0 Å². The fraction of sp³-hybridized carbons (Fsp3) is 0.524. The lowest BCUT2D eigenvalue weighted by atomic mass is 10.1. The van der Waals surface area contributed by atoms with Gasteiger partial charge in [-0.05, 0) is 50.2 Å². The normalized spacial score (nSPS) is 11.1. The number of hydrogen-bond acceptors (Lipinski definition) is 6. The minimum atomic E-state index is -0.376. The second kappa shape index (κ2) is 13.4. The molecule has 0 bridgehead atoms. The maximum Gasteiger partial charge on any atom is 0.263 e. The monoisotopic (exact) mass is 388 g/mol. The summed E-state index contributed by atoms with van der Waals surface area (Å²) in [5, 5.41) is 15.0. The number of ether oxygens (including phenoxy) is 2. The van der Waals surface area contributed by atoms with Crippen LogP contribution in [0.25, 0.3) is 0 Å². The van der Waals surface area contributed by atoms with Gasteiger partial charge < -0.3 is 25.0 Å². The van der Waals surface area contributed by atoms with Crippen molar-refractivity contribution in [2.45, 2.75) is 26.7 Å². The van der Waals surface area contributed by atoms with Crippen molar-refractivity contribution in [3.8, 4) is 17.6 Å². The molecule has 0 aromatic heterocycles. The number of benzene rings is 1. The lowest BCUT2D eigenvalue weighted by Gasteiger charge is -2.17. The Labute approximate surface area is 168 Å². The van der Waals surface area contributed by atoms with Crippen LogP contribution in [0.5, 0.6) is 11.5 Å². The molecule has 0 atom stereocenters. The third kappa shape index (κ3) is 7.89. The zero-order valence-corrected chi connectivity index (χ0v) is 17.4. The molecule has 1 aromatic rings. The molecule has 0 aliphatic carbocycles. The van der Waals surface area contributed by atoms with E-state index < -0.39 is 0 Å². The fourth-order valence-corrected chi connectivity index (χ4v) is 2.72. The van der Waals surface area contributed by atoms with Crippen LogP contribution in [0.3, 0.4) is 0 Å². The zero-order valence-electron chi connectivity index (χ0n) is 17.4. The topological polar surface area (TPSA) is 86.6 Å². The number of rotatable bonds is 13. The van der Waals surface area contributed by atoms with Crippen LogP contribution in [0.1, 0.15) is 25.8 Å². The van der Waals surface area contributed by atoms with Crippen molar-refractivity contribution in [1.82, 2.24) is 15.5 Å². The van der Waals surface area contributed by atoms with Gasteiger partial charge in [0.25, 0.3) is 5.91 Å². The number of nitriles is 1. The second-order valence-electron chi connectivity index (χ2n) is 6.20. The van der Waals surface area contributed by atoms with Crippen LogP contribution in [-0.2, 0) is 11.2 Å². The van der Waals surface area contributed by atoms with E-state index in [0.29, 0.717) is 24.5 Å². The van der Waals surface area contributed by atoms with E-state index in [-0.39, 0.29) is 11.5 Å². The lowest BCUT2D eigenvalue weighted by molar-refractivity contribution is -0.117. The van der Waals surface area contributed by atoms with Crippen molar-refractivity contribution < 1.29 is 14.3 Å². The van der Waals surface area contributed by atoms with Crippen molar-refractivity contribution in [3.63, 3.8) is 0 Å². The molecule has 0 unspecified atom stereocenters. The number of nitrogens with zero attached hydrogens (tertiary/aromatic N) is 2. The Hall–Kier alpha value is -2.72. The predicted octanol–water partition coefficient (Wildman–Crippen LogP) is 2.09. The number of amides is 1. The first-order valence-electron chi connectivity index (χ1n) is 9.64. The van der Waals surface area contributed by atoms with Gasteiger partial charge in [0.2, 0.25) is 0 Å². The smallest absolute Gasteiger partial charge is 0.263 e. The molecule has 1 aromatic carbocycles. The average Bonchev–Trinajstić information content (AvgIpc) is 2.73. The first-order valence-corrected chi connectivity index (χ1v) is 9.64. The first-order chi connectivity index (χ1) is 13.6. The Balaban J connectivity index is 2.42. The third-order valence-corrected chi connectivity index (χ3v) is 4.45. The second-order valence-corrected chi connectivity index (χ2v) is 6.20. The number of carbonyl (C=O) groups excluding carboxylic acids is 1. The van der Waals surface area contributed by atoms with Crippen molar-refractivity contribution >= 4 is 5.91 Å². The van der Waals surface area contributed by atoms with Crippen molar-refractivity contribution in [2.24, 2.45) is 0 Å². The van der Waals surface area contributed by atoms with Crippen LogP contribution in [0.4, 0.5) is 0 Å². The highest BCUT2D eigenvalue weighted by Gasteiger charge is 2.09. The summed E-state index contributed by atoms with van der Waals surface area (Å²) in [7, 11) is 3.17. The summed E-state index contributed by atoms with van der Waals surface area (Å²) < 4.78 is 10.5. The van der Waals surface area contributed by atoms with Crippen LogP contribution in [-0.4, -0.2) is 57.8 Å². The molecule has 1 amide bonds.